The molecule has 3 aromatic rings. The number of anilines is 1. The fraction of sp³-hybridized carbons (Fsp3) is 0.154. The van der Waals surface area contributed by atoms with Gasteiger partial charge in [0, 0.05) is 11.6 Å². The van der Waals surface area contributed by atoms with Gasteiger partial charge in [0.2, 0.25) is 0 Å². The topological polar surface area (TPSA) is 64.7 Å². The molecule has 1 aromatic carbocycles. The van der Waals surface area contributed by atoms with Gasteiger partial charge in [-0.15, -0.1) is 0 Å². The van der Waals surface area contributed by atoms with Gasteiger partial charge in [0.05, 0.1) is 16.1 Å². The molecule has 2 N–H and O–H groups in total. The first kappa shape index (κ1) is 11.1. The van der Waals surface area contributed by atoms with Crippen molar-refractivity contribution in [2.45, 2.75) is 13.3 Å². The zero-order valence-corrected chi connectivity index (χ0v) is 10.7. The van der Waals surface area contributed by atoms with Gasteiger partial charge in [-0.25, -0.2) is 15.0 Å². The highest BCUT2D eigenvalue weighted by Gasteiger charge is 2.06. The van der Waals surface area contributed by atoms with E-state index in [1.807, 2.05) is 12.1 Å². The maximum Gasteiger partial charge on any atom is 0.180 e. The van der Waals surface area contributed by atoms with Crippen molar-refractivity contribution in [2.75, 3.05) is 5.73 Å². The number of benzene rings is 1. The molecule has 0 spiro atoms. The van der Waals surface area contributed by atoms with Gasteiger partial charge in [0.15, 0.2) is 5.13 Å². The highest BCUT2D eigenvalue weighted by Crippen LogP contribution is 2.30. The quantitative estimate of drug-likeness (QED) is 0.765. The summed E-state index contributed by atoms with van der Waals surface area (Å²) in [6.07, 6.45) is 4.31. The number of aryl methyl sites for hydroxylation is 1. The minimum Gasteiger partial charge on any atom is -0.375 e. The van der Waals surface area contributed by atoms with Crippen LogP contribution in [0.2, 0.25) is 0 Å². The van der Waals surface area contributed by atoms with E-state index < -0.39 is 0 Å². The van der Waals surface area contributed by atoms with Crippen LogP contribution in [0, 0.1) is 0 Å². The molecule has 3 rings (SSSR count). The Morgan fingerprint density at radius 3 is 2.83 bits per heavy atom. The van der Waals surface area contributed by atoms with Crippen molar-refractivity contribution in [1.29, 1.82) is 0 Å². The van der Waals surface area contributed by atoms with E-state index in [1.54, 1.807) is 12.5 Å². The molecule has 0 atom stereocenters. The molecule has 2 aromatic heterocycles. The zero-order valence-electron chi connectivity index (χ0n) is 9.92. The summed E-state index contributed by atoms with van der Waals surface area (Å²) in [6.45, 7) is 2.10. The molecule has 0 bridgehead atoms. The smallest absolute Gasteiger partial charge is 0.180 e. The van der Waals surface area contributed by atoms with Crippen LogP contribution in [-0.2, 0) is 6.42 Å². The highest BCUT2D eigenvalue weighted by molar-refractivity contribution is 7.18. The fourth-order valence-corrected chi connectivity index (χ4v) is 2.65. The summed E-state index contributed by atoms with van der Waals surface area (Å²) >= 11 is 1.49. The van der Waals surface area contributed by atoms with E-state index in [-0.39, 0.29) is 0 Å². The monoisotopic (exact) mass is 256 g/mol. The molecule has 0 saturated heterocycles. The summed E-state index contributed by atoms with van der Waals surface area (Å²) in [5.41, 5.74) is 8.82. The summed E-state index contributed by atoms with van der Waals surface area (Å²) in [4.78, 5) is 13.7. The van der Waals surface area contributed by atoms with Crippen LogP contribution in [0.25, 0.3) is 21.3 Å². The largest absolute Gasteiger partial charge is 0.375 e. The van der Waals surface area contributed by atoms with Gasteiger partial charge in [-0.1, -0.05) is 24.3 Å². The summed E-state index contributed by atoms with van der Waals surface area (Å²) in [5, 5.41) is 1.69. The Kier molecular flexibility index (Phi) is 2.68. The molecule has 4 nitrogen and oxygen atoms in total. The molecule has 0 aliphatic carbocycles. The summed E-state index contributed by atoms with van der Waals surface area (Å²) in [5.74, 6) is 0. The number of aromatic nitrogens is 3. The second kappa shape index (κ2) is 4.34. The minimum atomic E-state index is 0.588. The molecule has 0 amide bonds. The van der Waals surface area contributed by atoms with E-state index in [4.69, 9.17) is 5.73 Å². The molecular formula is C13H12N4S. The number of hydrogen-bond acceptors (Lipinski definition) is 5. The predicted molar refractivity (Wildman–Crippen MR) is 74.4 cm³/mol. The number of fused-ring (bicyclic) bond motifs is 1. The minimum absolute atomic E-state index is 0.588. The lowest BCUT2D eigenvalue weighted by Crippen LogP contribution is -1.91. The Morgan fingerprint density at radius 2 is 2.11 bits per heavy atom. The van der Waals surface area contributed by atoms with Gasteiger partial charge in [-0.3, -0.25) is 0 Å². The maximum absolute atomic E-state index is 5.67. The van der Waals surface area contributed by atoms with E-state index >= 15 is 0 Å². The van der Waals surface area contributed by atoms with Crippen molar-refractivity contribution in [3.63, 3.8) is 0 Å². The lowest BCUT2D eigenvalue weighted by atomic mass is 10.1. The molecule has 0 aliphatic rings. The Balaban J connectivity index is 2.21. The number of nitrogen functional groups attached to an aromatic ring is 1. The second-order valence-electron chi connectivity index (χ2n) is 3.97. The van der Waals surface area contributed by atoms with Crippen molar-refractivity contribution in [2.24, 2.45) is 0 Å². The molecule has 0 unspecified atom stereocenters. The average Bonchev–Trinajstić information content (AvgIpc) is 2.84. The zero-order chi connectivity index (χ0) is 12.5. The third-order valence-electron chi connectivity index (χ3n) is 2.86. The summed E-state index contributed by atoms with van der Waals surface area (Å²) in [6, 6.07) is 6.17. The van der Waals surface area contributed by atoms with Crippen molar-refractivity contribution in [1.82, 2.24) is 15.0 Å². The third-order valence-corrected chi connectivity index (χ3v) is 3.74. The molecule has 0 fully saturated rings. The van der Waals surface area contributed by atoms with E-state index in [0.717, 1.165) is 33.5 Å². The fourth-order valence-electron chi connectivity index (χ4n) is 1.97. The molecular weight excluding hydrogens is 244 g/mol. The van der Waals surface area contributed by atoms with Crippen LogP contribution in [0.3, 0.4) is 0 Å². The SMILES string of the molecule is CCc1ncnc2ccc(-c3cnc(N)s3)cc12. The lowest BCUT2D eigenvalue weighted by molar-refractivity contribution is 1.03. The van der Waals surface area contributed by atoms with Gasteiger partial charge >= 0.3 is 0 Å². The third kappa shape index (κ3) is 1.82. The van der Waals surface area contributed by atoms with Crippen molar-refractivity contribution < 1.29 is 0 Å². The van der Waals surface area contributed by atoms with E-state index in [9.17, 15) is 0 Å². The average molecular weight is 256 g/mol. The summed E-state index contributed by atoms with van der Waals surface area (Å²) < 4.78 is 0. The Labute approximate surface area is 109 Å². The van der Waals surface area contributed by atoms with Crippen LogP contribution in [0.5, 0.6) is 0 Å². The highest BCUT2D eigenvalue weighted by atomic mass is 32.1. The number of thiazole rings is 1. The van der Waals surface area contributed by atoms with Gasteiger partial charge in [-0.2, -0.15) is 0 Å². The predicted octanol–water partition coefficient (Wildman–Crippen LogP) is 2.90. The number of hydrogen-bond donors (Lipinski definition) is 1. The van der Waals surface area contributed by atoms with Crippen molar-refractivity contribution >= 4 is 27.4 Å². The van der Waals surface area contributed by atoms with Crippen LogP contribution in [0.4, 0.5) is 5.13 Å². The van der Waals surface area contributed by atoms with Crippen LogP contribution >= 0.6 is 11.3 Å². The normalized spacial score (nSPS) is 10.9. The van der Waals surface area contributed by atoms with Crippen molar-refractivity contribution in [3.8, 4) is 10.4 Å². The molecule has 5 heteroatoms. The molecule has 2 heterocycles. The van der Waals surface area contributed by atoms with Gasteiger partial charge < -0.3 is 5.73 Å². The van der Waals surface area contributed by atoms with Crippen LogP contribution < -0.4 is 5.73 Å². The van der Waals surface area contributed by atoms with Crippen molar-refractivity contribution in [3.05, 3.63) is 36.4 Å². The lowest BCUT2D eigenvalue weighted by Gasteiger charge is -2.04. The van der Waals surface area contributed by atoms with Gasteiger partial charge in [0.25, 0.3) is 0 Å². The Bertz CT molecular complexity index is 705. The van der Waals surface area contributed by atoms with E-state index in [2.05, 4.69) is 27.9 Å². The Hall–Kier alpha value is -2.01. The molecule has 0 radical (unpaired) electrons. The number of nitrogens with zero attached hydrogens (tertiary/aromatic N) is 3. The molecule has 18 heavy (non-hydrogen) atoms. The molecule has 0 aliphatic heterocycles. The van der Waals surface area contributed by atoms with E-state index in [0.29, 0.717) is 5.13 Å². The summed E-state index contributed by atoms with van der Waals surface area (Å²) in [7, 11) is 0. The molecule has 90 valence electrons. The first-order chi connectivity index (χ1) is 8.78. The van der Waals surface area contributed by atoms with Crippen LogP contribution in [0.15, 0.2) is 30.7 Å². The second-order valence-corrected chi connectivity index (χ2v) is 5.03. The van der Waals surface area contributed by atoms with E-state index in [1.165, 1.54) is 11.3 Å². The number of rotatable bonds is 2. The first-order valence-corrected chi connectivity index (χ1v) is 6.55. The maximum atomic E-state index is 5.67. The Morgan fingerprint density at radius 1 is 1.22 bits per heavy atom. The van der Waals surface area contributed by atoms with Crippen LogP contribution in [0.1, 0.15) is 12.6 Å². The first-order valence-electron chi connectivity index (χ1n) is 5.73. The standard InChI is InChI=1S/C13H12N4S/c1-2-10-9-5-8(12-6-15-13(14)18-12)3-4-11(9)17-7-16-10/h3-7H,2H2,1H3,(H2,14,15). The molecule has 0 saturated carbocycles. The van der Waals surface area contributed by atoms with Crippen LogP contribution in [-0.4, -0.2) is 15.0 Å². The van der Waals surface area contributed by atoms with Gasteiger partial charge in [0.1, 0.15) is 6.33 Å². The van der Waals surface area contributed by atoms with Gasteiger partial charge in [-0.05, 0) is 24.1 Å². The number of nitrogens with two attached hydrogens (primary N) is 1.